The molecule has 0 saturated carbocycles. The van der Waals surface area contributed by atoms with Crippen LogP contribution in [0.5, 0.6) is 0 Å². The molecule has 0 fully saturated rings. The van der Waals surface area contributed by atoms with Crippen LogP contribution in [0.3, 0.4) is 0 Å². The highest BCUT2D eigenvalue weighted by Crippen LogP contribution is 2.29. The predicted octanol–water partition coefficient (Wildman–Crippen LogP) is 2.44. The number of hydrogen-bond donors (Lipinski definition) is 2. The second kappa shape index (κ2) is 10.8. The molecule has 1 heterocycles. The maximum Gasteiger partial charge on any atom is 0.242 e. The Morgan fingerprint density at radius 3 is 2.55 bits per heavy atom. The van der Waals surface area contributed by atoms with Gasteiger partial charge in [0, 0.05) is 28.6 Å². The predicted molar refractivity (Wildman–Crippen MR) is 124 cm³/mol. The Bertz CT molecular complexity index is 1100. The zero-order chi connectivity index (χ0) is 22.3. The van der Waals surface area contributed by atoms with E-state index in [0.29, 0.717) is 18.5 Å². The number of fused-ring (bicyclic) bond motifs is 1. The van der Waals surface area contributed by atoms with Gasteiger partial charge < -0.3 is 15.0 Å². The van der Waals surface area contributed by atoms with Crippen LogP contribution in [0.1, 0.15) is 5.56 Å². The Morgan fingerprint density at radius 1 is 1.10 bits per heavy atom. The molecule has 0 spiro atoms. The molecule has 0 aliphatic rings. The average Bonchev–Trinajstić information content (AvgIpc) is 3.18. The summed E-state index contributed by atoms with van der Waals surface area (Å²) in [6.45, 7) is 1.25. The number of thiophene rings is 1. The van der Waals surface area contributed by atoms with Crippen LogP contribution in [0.2, 0.25) is 0 Å². The Kier molecular flexibility index (Phi) is 8.16. The Labute approximate surface area is 187 Å². The summed E-state index contributed by atoms with van der Waals surface area (Å²) >= 11 is 1.35. The van der Waals surface area contributed by atoms with Crippen molar-refractivity contribution in [3.63, 3.8) is 0 Å². The number of carbonyl (C=O) groups excluding carboxylic acids is 1. The highest BCUT2D eigenvalue weighted by Gasteiger charge is 2.27. The number of sulfonamides is 1. The van der Waals surface area contributed by atoms with Crippen molar-refractivity contribution in [3.05, 3.63) is 65.5 Å². The molecular formula is C22H27N3O4S2. The third kappa shape index (κ3) is 6.59. The van der Waals surface area contributed by atoms with E-state index in [9.17, 15) is 13.2 Å². The van der Waals surface area contributed by atoms with Gasteiger partial charge in [0.25, 0.3) is 0 Å². The zero-order valence-electron chi connectivity index (χ0n) is 17.6. The number of rotatable bonds is 11. The molecule has 0 aliphatic carbocycles. The molecule has 0 aliphatic heterocycles. The minimum Gasteiger partial charge on any atom is -0.375 e. The third-order valence-corrected chi connectivity index (χ3v) is 7.23. The van der Waals surface area contributed by atoms with Gasteiger partial charge in [0.05, 0.1) is 13.2 Å². The molecule has 1 aromatic heterocycles. The summed E-state index contributed by atoms with van der Waals surface area (Å²) in [7, 11) is -0.115. The number of carbonyl (C=O) groups is 1. The lowest BCUT2D eigenvalue weighted by atomic mass is 10.2. The SMILES string of the molecule is CN(C)CCNC(=O)[C@H](COCc1ccccc1)NS(=O)(=O)c1csc2ccccc12. The second-order valence-electron chi connectivity index (χ2n) is 7.37. The van der Waals surface area contributed by atoms with Gasteiger partial charge in [-0.2, -0.15) is 4.72 Å². The lowest BCUT2D eigenvalue weighted by Crippen LogP contribution is -2.50. The van der Waals surface area contributed by atoms with Crippen molar-refractivity contribution in [2.75, 3.05) is 33.8 Å². The number of nitrogens with one attached hydrogen (secondary N) is 2. The molecule has 2 N–H and O–H groups in total. The molecule has 166 valence electrons. The van der Waals surface area contributed by atoms with E-state index in [1.54, 1.807) is 17.5 Å². The number of hydrogen-bond acceptors (Lipinski definition) is 6. The second-order valence-corrected chi connectivity index (χ2v) is 9.96. The first-order valence-corrected chi connectivity index (χ1v) is 12.3. The first-order chi connectivity index (χ1) is 14.9. The minimum atomic E-state index is -3.92. The summed E-state index contributed by atoms with van der Waals surface area (Å²) in [5.74, 6) is -0.418. The maximum absolute atomic E-state index is 13.1. The van der Waals surface area contributed by atoms with Gasteiger partial charge in [-0.15, -0.1) is 11.3 Å². The third-order valence-electron chi connectivity index (χ3n) is 4.60. The Balaban J connectivity index is 1.73. The molecule has 0 unspecified atom stereocenters. The van der Waals surface area contributed by atoms with Gasteiger partial charge in [0.1, 0.15) is 10.9 Å². The van der Waals surface area contributed by atoms with Crippen molar-refractivity contribution < 1.29 is 17.9 Å². The van der Waals surface area contributed by atoms with Gasteiger partial charge in [-0.05, 0) is 25.7 Å². The van der Waals surface area contributed by atoms with Gasteiger partial charge in [-0.25, -0.2) is 8.42 Å². The molecule has 1 amide bonds. The highest BCUT2D eigenvalue weighted by atomic mass is 32.2. The fourth-order valence-electron chi connectivity index (χ4n) is 2.97. The van der Waals surface area contributed by atoms with Crippen LogP contribution in [0, 0.1) is 0 Å². The summed E-state index contributed by atoms with van der Waals surface area (Å²) < 4.78 is 35.3. The largest absolute Gasteiger partial charge is 0.375 e. The van der Waals surface area contributed by atoms with Gasteiger partial charge in [-0.3, -0.25) is 4.79 Å². The molecule has 2 aromatic carbocycles. The summed E-state index contributed by atoms with van der Waals surface area (Å²) in [5.41, 5.74) is 0.945. The molecule has 3 rings (SSSR count). The van der Waals surface area contributed by atoms with Crippen LogP contribution in [0.25, 0.3) is 10.1 Å². The van der Waals surface area contributed by atoms with E-state index in [1.165, 1.54) is 11.3 Å². The first kappa shape index (κ1) is 23.4. The molecular weight excluding hydrogens is 434 g/mol. The number of ether oxygens (including phenoxy) is 1. The summed E-state index contributed by atoms with van der Waals surface area (Å²) in [4.78, 5) is 14.8. The number of amides is 1. The topological polar surface area (TPSA) is 87.7 Å². The highest BCUT2D eigenvalue weighted by molar-refractivity contribution is 7.90. The zero-order valence-corrected chi connectivity index (χ0v) is 19.2. The normalized spacial score (nSPS) is 12.9. The van der Waals surface area contributed by atoms with E-state index < -0.39 is 22.0 Å². The fourth-order valence-corrected chi connectivity index (χ4v) is 5.65. The standard InChI is InChI=1S/C22H27N3O4S2/c1-25(2)13-12-23-22(26)19(15-29-14-17-8-4-3-5-9-17)24-31(27,28)21-16-30-20-11-7-6-10-18(20)21/h3-11,16,19,24H,12-15H2,1-2H3,(H,23,26)/t19-/m0/s1. The molecule has 3 aromatic rings. The van der Waals surface area contributed by atoms with Gasteiger partial charge in [-0.1, -0.05) is 48.5 Å². The van der Waals surface area contributed by atoms with Crippen molar-refractivity contribution in [1.29, 1.82) is 0 Å². The summed E-state index contributed by atoms with van der Waals surface area (Å²) in [5, 5.41) is 5.02. The van der Waals surface area contributed by atoms with E-state index in [0.717, 1.165) is 10.3 Å². The smallest absolute Gasteiger partial charge is 0.242 e. The fraction of sp³-hybridized carbons (Fsp3) is 0.318. The Morgan fingerprint density at radius 2 is 1.81 bits per heavy atom. The molecule has 7 nitrogen and oxygen atoms in total. The summed E-state index contributed by atoms with van der Waals surface area (Å²) in [6.07, 6.45) is 0. The van der Waals surface area contributed by atoms with Crippen LogP contribution in [-0.4, -0.2) is 59.1 Å². The van der Waals surface area contributed by atoms with Crippen molar-refractivity contribution in [1.82, 2.24) is 14.9 Å². The van der Waals surface area contributed by atoms with E-state index in [2.05, 4.69) is 10.0 Å². The quantitative estimate of drug-likeness (QED) is 0.458. The van der Waals surface area contributed by atoms with Crippen LogP contribution in [0.4, 0.5) is 0 Å². The number of likely N-dealkylation sites (N-methyl/N-ethyl adjacent to an activating group) is 1. The summed E-state index contributed by atoms with van der Waals surface area (Å²) in [6, 6.07) is 15.8. The monoisotopic (exact) mass is 461 g/mol. The van der Waals surface area contributed by atoms with E-state index >= 15 is 0 Å². The van der Waals surface area contributed by atoms with Crippen molar-refractivity contribution in [2.45, 2.75) is 17.5 Å². The molecule has 0 saturated heterocycles. The molecule has 9 heteroatoms. The van der Waals surface area contributed by atoms with Gasteiger partial charge in [0.2, 0.25) is 15.9 Å². The average molecular weight is 462 g/mol. The minimum absolute atomic E-state index is 0.0794. The van der Waals surface area contributed by atoms with Gasteiger partial charge in [0.15, 0.2) is 0 Å². The van der Waals surface area contributed by atoms with Crippen LogP contribution in [-0.2, 0) is 26.2 Å². The number of nitrogens with zero attached hydrogens (tertiary/aromatic N) is 1. The number of benzene rings is 2. The van der Waals surface area contributed by atoms with Gasteiger partial charge >= 0.3 is 0 Å². The van der Waals surface area contributed by atoms with E-state index in [1.807, 2.05) is 61.5 Å². The first-order valence-electron chi connectivity index (χ1n) is 9.89. The maximum atomic E-state index is 13.1. The Hall–Kier alpha value is -2.30. The van der Waals surface area contributed by atoms with Crippen LogP contribution >= 0.6 is 11.3 Å². The van der Waals surface area contributed by atoms with E-state index in [-0.39, 0.29) is 18.1 Å². The molecule has 0 radical (unpaired) electrons. The van der Waals surface area contributed by atoms with Crippen molar-refractivity contribution >= 4 is 37.4 Å². The van der Waals surface area contributed by atoms with Crippen LogP contribution in [0.15, 0.2) is 64.9 Å². The molecule has 31 heavy (non-hydrogen) atoms. The van der Waals surface area contributed by atoms with E-state index in [4.69, 9.17) is 4.74 Å². The van der Waals surface area contributed by atoms with Crippen molar-refractivity contribution in [3.8, 4) is 0 Å². The van der Waals surface area contributed by atoms with Crippen molar-refractivity contribution in [2.24, 2.45) is 0 Å². The van der Waals surface area contributed by atoms with Crippen LogP contribution < -0.4 is 10.0 Å². The lowest BCUT2D eigenvalue weighted by molar-refractivity contribution is -0.124. The lowest BCUT2D eigenvalue weighted by Gasteiger charge is -2.19. The molecule has 1 atom stereocenters. The molecule has 0 bridgehead atoms.